The van der Waals surface area contributed by atoms with Gasteiger partial charge in [0.2, 0.25) is 0 Å². The average Bonchev–Trinajstić information content (AvgIpc) is 3.24. The predicted octanol–water partition coefficient (Wildman–Crippen LogP) is 15.4. The normalized spacial score (nSPS) is 12.4. The van der Waals surface area contributed by atoms with Crippen molar-refractivity contribution in [2.75, 3.05) is 0 Å². The Kier molecular flexibility index (Phi) is 5.45. The molecule has 0 heteroatoms. The molecule has 13 aromatic rings. The van der Waals surface area contributed by atoms with E-state index in [1.165, 1.54) is 130 Å². The van der Waals surface area contributed by atoms with E-state index in [0.717, 1.165) is 0 Å². The summed E-state index contributed by atoms with van der Waals surface area (Å²) in [4.78, 5) is 0. The Balaban J connectivity index is 1.30. The van der Waals surface area contributed by atoms with Crippen LogP contribution in [0.2, 0.25) is 0 Å². The maximum Gasteiger partial charge on any atom is -0.000741 e. The van der Waals surface area contributed by atoms with Crippen molar-refractivity contribution in [1.82, 2.24) is 0 Å². The molecule has 0 aliphatic carbocycles. The number of hydrogen-bond acceptors (Lipinski definition) is 0. The Hall–Kier alpha value is -7.02. The van der Waals surface area contributed by atoms with E-state index in [1.54, 1.807) is 0 Å². The van der Waals surface area contributed by atoms with Gasteiger partial charge in [-0.3, -0.25) is 0 Å². The third-order valence-corrected chi connectivity index (χ3v) is 12.5. The highest BCUT2D eigenvalue weighted by molar-refractivity contribution is 6.40. The smallest absolute Gasteiger partial charge is 0.000741 e. The Morgan fingerprint density at radius 3 is 0.889 bits per heavy atom. The van der Waals surface area contributed by atoms with Crippen LogP contribution in [-0.4, -0.2) is 0 Å². The van der Waals surface area contributed by atoms with Crippen molar-refractivity contribution in [2.24, 2.45) is 0 Å². The maximum atomic E-state index is 2.39. The van der Waals surface area contributed by atoms with Crippen LogP contribution in [0, 0.1) is 0 Å². The van der Waals surface area contributed by atoms with E-state index in [2.05, 4.69) is 182 Å². The van der Waals surface area contributed by atoms with E-state index in [0.29, 0.717) is 0 Å². The summed E-state index contributed by atoms with van der Waals surface area (Å²) in [5.41, 5.74) is 5.18. The van der Waals surface area contributed by atoms with Crippen LogP contribution in [0.15, 0.2) is 182 Å². The van der Waals surface area contributed by atoms with E-state index in [9.17, 15) is 0 Å². The van der Waals surface area contributed by atoms with Gasteiger partial charge in [0.1, 0.15) is 0 Å². The molecule has 0 saturated carbocycles. The molecular weight excluding hydrogens is 649 g/mol. The maximum absolute atomic E-state index is 2.39. The molecule has 13 aromatic carbocycles. The highest BCUT2D eigenvalue weighted by Gasteiger charge is 2.24. The molecule has 246 valence electrons. The van der Waals surface area contributed by atoms with Crippen molar-refractivity contribution < 1.29 is 0 Å². The molecular formula is C54H30. The molecule has 0 bridgehead atoms. The molecule has 54 heavy (non-hydrogen) atoms. The molecule has 0 aliphatic heterocycles. The van der Waals surface area contributed by atoms with Crippen molar-refractivity contribution in [1.29, 1.82) is 0 Å². The SMILES string of the molecule is c1cc2ccc3ccc(-c4c5ccccc5c(-c5ccc6ccc7cccc8ccc5c6c78)c5c6ccccc6c6ccccc6c45)c4ccc(c1)c2c34. The van der Waals surface area contributed by atoms with Crippen LogP contribution >= 0.6 is 0 Å². The summed E-state index contributed by atoms with van der Waals surface area (Å²) in [7, 11) is 0. The van der Waals surface area contributed by atoms with Crippen LogP contribution < -0.4 is 0 Å². The summed E-state index contributed by atoms with van der Waals surface area (Å²) in [6.07, 6.45) is 0. The van der Waals surface area contributed by atoms with Crippen molar-refractivity contribution in [2.45, 2.75) is 0 Å². The topological polar surface area (TPSA) is 0 Å². The molecule has 0 amide bonds. The zero-order valence-corrected chi connectivity index (χ0v) is 29.3. The third kappa shape index (κ3) is 3.58. The molecule has 0 N–H and O–H groups in total. The van der Waals surface area contributed by atoms with Crippen molar-refractivity contribution >= 4 is 108 Å². The first kappa shape index (κ1) is 28.6. The minimum absolute atomic E-state index is 1.28. The standard InChI is InChI=1S/C54H30/c1-3-15-39-37(13-1)38-14-2-4-16-40(38)54-52(46-30-26-36-22-20-32-10-8-12-34-24-28-44(46)50(36)48(32)34)42-18-6-5-17-41(42)51(53(39)54)45-29-25-35-21-19-31-9-7-11-33-23-27-43(45)49(35)47(31)33/h1-30H. The number of fused-ring (bicyclic) bond motifs is 7. The van der Waals surface area contributed by atoms with E-state index in [1.807, 2.05) is 0 Å². The highest BCUT2D eigenvalue weighted by Crippen LogP contribution is 2.53. The number of rotatable bonds is 2. The zero-order valence-electron chi connectivity index (χ0n) is 29.3. The van der Waals surface area contributed by atoms with Crippen molar-refractivity contribution in [3.8, 4) is 22.3 Å². The fourth-order valence-electron chi connectivity index (χ4n) is 10.3. The third-order valence-electron chi connectivity index (χ3n) is 12.5. The van der Waals surface area contributed by atoms with E-state index < -0.39 is 0 Å². The van der Waals surface area contributed by atoms with Gasteiger partial charge < -0.3 is 0 Å². The fraction of sp³-hybridized carbons (Fsp3) is 0. The Labute approximate surface area is 310 Å². The number of benzene rings is 13. The monoisotopic (exact) mass is 678 g/mol. The minimum atomic E-state index is 1.28. The molecule has 0 radical (unpaired) electrons. The van der Waals surface area contributed by atoms with Crippen molar-refractivity contribution in [3.63, 3.8) is 0 Å². The van der Waals surface area contributed by atoms with Crippen molar-refractivity contribution in [3.05, 3.63) is 182 Å². The molecule has 0 fully saturated rings. The summed E-state index contributed by atoms with van der Waals surface area (Å²) in [6.45, 7) is 0. The summed E-state index contributed by atoms with van der Waals surface area (Å²) < 4.78 is 0. The Morgan fingerprint density at radius 2 is 0.481 bits per heavy atom. The van der Waals surface area contributed by atoms with Gasteiger partial charge in [0.15, 0.2) is 0 Å². The van der Waals surface area contributed by atoms with Crippen LogP contribution in [-0.2, 0) is 0 Å². The minimum Gasteiger partial charge on any atom is -0.0616 e. The zero-order chi connectivity index (χ0) is 35.1. The first-order chi connectivity index (χ1) is 26.8. The molecule has 0 spiro atoms. The quantitative estimate of drug-likeness (QED) is 0.126. The van der Waals surface area contributed by atoms with Gasteiger partial charge in [0, 0.05) is 0 Å². The molecule has 0 aliphatic rings. The summed E-state index contributed by atoms with van der Waals surface area (Å²) in [6, 6.07) is 68.7. The molecule has 0 nitrogen and oxygen atoms in total. The Bertz CT molecular complexity index is 3440. The van der Waals surface area contributed by atoms with Crippen LogP contribution in [0.5, 0.6) is 0 Å². The average molecular weight is 679 g/mol. The predicted molar refractivity (Wildman–Crippen MR) is 235 cm³/mol. The molecule has 13 rings (SSSR count). The molecule has 0 atom stereocenters. The van der Waals surface area contributed by atoms with Gasteiger partial charge in [0.05, 0.1) is 0 Å². The van der Waals surface area contributed by atoms with Gasteiger partial charge >= 0.3 is 0 Å². The van der Waals surface area contributed by atoms with Gasteiger partial charge in [-0.15, -0.1) is 0 Å². The van der Waals surface area contributed by atoms with Gasteiger partial charge in [-0.25, -0.2) is 0 Å². The fourth-order valence-corrected chi connectivity index (χ4v) is 10.3. The molecule has 0 saturated heterocycles. The second-order valence-electron chi connectivity index (χ2n) is 15.1. The molecule has 0 unspecified atom stereocenters. The van der Waals surface area contributed by atoms with Crippen LogP contribution in [0.1, 0.15) is 0 Å². The summed E-state index contributed by atoms with van der Waals surface area (Å²) in [5, 5.41) is 26.1. The van der Waals surface area contributed by atoms with Gasteiger partial charge in [-0.05, 0) is 130 Å². The first-order valence-electron chi connectivity index (χ1n) is 18.9. The summed E-state index contributed by atoms with van der Waals surface area (Å²) in [5.74, 6) is 0. The lowest BCUT2D eigenvalue weighted by Gasteiger charge is -2.24. The second kappa shape index (κ2) is 10.3. The Morgan fingerprint density at radius 1 is 0.167 bits per heavy atom. The van der Waals surface area contributed by atoms with Gasteiger partial charge in [0.25, 0.3) is 0 Å². The lowest BCUT2D eigenvalue weighted by atomic mass is 9.79. The largest absolute Gasteiger partial charge is 0.0616 e. The van der Waals surface area contributed by atoms with Gasteiger partial charge in [-0.1, -0.05) is 182 Å². The lowest BCUT2D eigenvalue weighted by molar-refractivity contribution is 1.72. The van der Waals surface area contributed by atoms with E-state index >= 15 is 0 Å². The van der Waals surface area contributed by atoms with E-state index in [4.69, 9.17) is 0 Å². The first-order valence-corrected chi connectivity index (χ1v) is 18.9. The van der Waals surface area contributed by atoms with Crippen LogP contribution in [0.4, 0.5) is 0 Å². The molecule has 0 heterocycles. The molecule has 0 aromatic heterocycles. The summed E-state index contributed by atoms with van der Waals surface area (Å²) >= 11 is 0. The van der Waals surface area contributed by atoms with Crippen LogP contribution in [0.25, 0.3) is 130 Å². The van der Waals surface area contributed by atoms with E-state index in [-0.39, 0.29) is 0 Å². The highest BCUT2D eigenvalue weighted by atomic mass is 14.3. The van der Waals surface area contributed by atoms with Gasteiger partial charge in [-0.2, -0.15) is 0 Å². The lowest BCUT2D eigenvalue weighted by Crippen LogP contribution is -1.96. The van der Waals surface area contributed by atoms with Crippen LogP contribution in [0.3, 0.4) is 0 Å². The second-order valence-corrected chi connectivity index (χ2v) is 15.1. The number of hydrogen-bond donors (Lipinski definition) is 0.